The van der Waals surface area contributed by atoms with Crippen molar-refractivity contribution >= 4 is 34.9 Å². The maximum atomic E-state index is 11.1. The maximum Gasteiger partial charge on any atom is 0.339 e. The molecule has 19 heavy (non-hydrogen) atoms. The van der Waals surface area contributed by atoms with Crippen LogP contribution in [0.1, 0.15) is 29.3 Å². The predicted molar refractivity (Wildman–Crippen MR) is 74.5 cm³/mol. The van der Waals surface area contributed by atoms with Crippen molar-refractivity contribution in [2.45, 2.75) is 20.3 Å². The molecule has 1 aromatic carbocycles. The van der Waals surface area contributed by atoms with Crippen LogP contribution in [0.2, 0.25) is 0 Å². The normalized spacial score (nSPS) is 9.79. The van der Waals surface area contributed by atoms with Gasteiger partial charge in [0.05, 0.1) is 0 Å². The lowest BCUT2D eigenvalue weighted by Gasteiger charge is -2.11. The number of benzene rings is 1. The van der Waals surface area contributed by atoms with E-state index in [0.717, 1.165) is 0 Å². The minimum atomic E-state index is -1.24. The first kappa shape index (κ1) is 14.9. The van der Waals surface area contributed by atoms with Crippen molar-refractivity contribution in [2.24, 2.45) is 0 Å². The zero-order valence-corrected chi connectivity index (χ0v) is 11.3. The number of carboxylic acids is 1. The van der Waals surface area contributed by atoms with E-state index in [-0.39, 0.29) is 28.8 Å². The molecule has 6 nitrogen and oxygen atoms in total. The van der Waals surface area contributed by atoms with Crippen molar-refractivity contribution in [1.29, 1.82) is 0 Å². The molecule has 0 fully saturated rings. The molecule has 0 aliphatic carbocycles. The Kier molecular flexibility index (Phi) is 4.82. The zero-order valence-electron chi connectivity index (χ0n) is 10.5. The van der Waals surface area contributed by atoms with Crippen LogP contribution in [0.3, 0.4) is 0 Å². The summed E-state index contributed by atoms with van der Waals surface area (Å²) in [6.45, 7) is 3.26. The van der Waals surface area contributed by atoms with E-state index in [1.807, 2.05) is 0 Å². The predicted octanol–water partition coefficient (Wildman–Crippen LogP) is 1.62. The van der Waals surface area contributed by atoms with Gasteiger partial charge in [0.1, 0.15) is 11.3 Å². The molecule has 0 radical (unpaired) electrons. The van der Waals surface area contributed by atoms with Crippen LogP contribution in [0.5, 0.6) is 5.75 Å². The second-order valence-electron chi connectivity index (χ2n) is 3.85. The number of aryl methyl sites for hydroxylation is 1. The molecule has 0 heterocycles. The topological polar surface area (TPSA) is 98.7 Å². The van der Waals surface area contributed by atoms with E-state index in [1.54, 1.807) is 13.8 Å². The summed E-state index contributed by atoms with van der Waals surface area (Å²) in [6.07, 6.45) is 0.288. The molecule has 4 N–H and O–H groups in total. The highest BCUT2D eigenvalue weighted by Crippen LogP contribution is 2.26. The van der Waals surface area contributed by atoms with Crippen molar-refractivity contribution in [3.63, 3.8) is 0 Å². The fourth-order valence-electron chi connectivity index (χ4n) is 1.39. The lowest BCUT2D eigenvalue weighted by Crippen LogP contribution is -2.33. The zero-order chi connectivity index (χ0) is 14.6. The van der Waals surface area contributed by atoms with E-state index >= 15 is 0 Å². The van der Waals surface area contributed by atoms with Gasteiger partial charge in [-0.25, -0.2) is 4.79 Å². The van der Waals surface area contributed by atoms with Crippen molar-refractivity contribution < 1.29 is 19.8 Å². The molecule has 0 unspecified atom stereocenters. The summed E-state index contributed by atoms with van der Waals surface area (Å²) in [4.78, 5) is 22.1. The Morgan fingerprint density at radius 3 is 2.53 bits per heavy atom. The van der Waals surface area contributed by atoms with Crippen LogP contribution < -0.4 is 10.6 Å². The molecule has 0 aromatic heterocycles. The number of nitrogens with one attached hydrogen (secondary N) is 2. The summed E-state index contributed by atoms with van der Waals surface area (Å²) in [5.41, 5.74) is 0.549. The van der Waals surface area contributed by atoms with E-state index in [2.05, 4.69) is 10.6 Å². The van der Waals surface area contributed by atoms with Crippen LogP contribution in [0, 0.1) is 6.92 Å². The van der Waals surface area contributed by atoms with Crippen molar-refractivity contribution in [1.82, 2.24) is 5.32 Å². The molecule has 1 amide bonds. The third-order valence-electron chi connectivity index (χ3n) is 2.36. The fraction of sp³-hybridized carbons (Fsp3) is 0.250. The first-order valence-electron chi connectivity index (χ1n) is 5.52. The number of carbonyl (C=O) groups excluding carboxylic acids is 1. The Labute approximate surface area is 115 Å². The average molecular weight is 282 g/mol. The molecule has 1 aromatic rings. The molecule has 0 saturated heterocycles. The summed E-state index contributed by atoms with van der Waals surface area (Å²) >= 11 is 4.91. The Balaban J connectivity index is 2.94. The van der Waals surface area contributed by atoms with Crippen LogP contribution in [0.15, 0.2) is 12.1 Å². The van der Waals surface area contributed by atoms with E-state index in [9.17, 15) is 14.7 Å². The number of rotatable bonds is 3. The number of amides is 1. The van der Waals surface area contributed by atoms with Crippen LogP contribution in [0.25, 0.3) is 0 Å². The van der Waals surface area contributed by atoms with Crippen molar-refractivity contribution in [3.05, 3.63) is 23.3 Å². The van der Waals surface area contributed by atoms with Gasteiger partial charge < -0.3 is 20.8 Å². The van der Waals surface area contributed by atoms with Gasteiger partial charge in [-0.1, -0.05) is 6.92 Å². The highest BCUT2D eigenvalue weighted by atomic mass is 32.1. The number of phenols is 1. The van der Waals surface area contributed by atoms with Gasteiger partial charge in [0.25, 0.3) is 0 Å². The third-order valence-corrected chi connectivity index (χ3v) is 2.57. The van der Waals surface area contributed by atoms with Crippen molar-refractivity contribution in [3.8, 4) is 5.75 Å². The van der Waals surface area contributed by atoms with Gasteiger partial charge in [-0.3, -0.25) is 4.79 Å². The first-order chi connectivity index (χ1) is 8.85. The van der Waals surface area contributed by atoms with Crippen LogP contribution in [-0.4, -0.2) is 27.2 Å². The standard InChI is InChI=1S/C12H14N2O4S/c1-3-9(15)14-12(19)13-7-4-6(2)10(16)8(5-7)11(17)18/h4-5,16H,3H2,1-2H3,(H,17,18)(H2,13,14,15,19). The molecule has 0 aliphatic heterocycles. The lowest BCUT2D eigenvalue weighted by molar-refractivity contribution is -0.119. The number of aromatic carboxylic acids is 1. The summed E-state index contributed by atoms with van der Waals surface area (Å²) in [7, 11) is 0. The largest absolute Gasteiger partial charge is 0.507 e. The van der Waals surface area contributed by atoms with Gasteiger partial charge in [-0.15, -0.1) is 0 Å². The van der Waals surface area contributed by atoms with E-state index in [4.69, 9.17) is 17.3 Å². The number of carboxylic acid groups (broad SMARTS) is 1. The van der Waals surface area contributed by atoms with Gasteiger partial charge in [-0.2, -0.15) is 0 Å². The molecular weight excluding hydrogens is 268 g/mol. The quantitative estimate of drug-likeness (QED) is 0.497. The van der Waals surface area contributed by atoms with Crippen molar-refractivity contribution in [2.75, 3.05) is 5.32 Å². The maximum absolute atomic E-state index is 11.1. The molecule has 0 bridgehead atoms. The lowest BCUT2D eigenvalue weighted by atomic mass is 10.1. The number of hydrogen-bond donors (Lipinski definition) is 4. The minimum Gasteiger partial charge on any atom is -0.507 e. The molecule has 1 rings (SSSR count). The van der Waals surface area contributed by atoms with Gasteiger partial charge in [0.15, 0.2) is 5.11 Å². The van der Waals surface area contributed by atoms with Crippen LogP contribution in [0.4, 0.5) is 5.69 Å². The van der Waals surface area contributed by atoms with E-state index < -0.39 is 5.97 Å². The summed E-state index contributed by atoms with van der Waals surface area (Å²) in [6, 6.07) is 2.78. The fourth-order valence-corrected chi connectivity index (χ4v) is 1.62. The first-order valence-corrected chi connectivity index (χ1v) is 5.93. The smallest absolute Gasteiger partial charge is 0.339 e. The Morgan fingerprint density at radius 2 is 2.00 bits per heavy atom. The number of anilines is 1. The van der Waals surface area contributed by atoms with Crippen LogP contribution in [-0.2, 0) is 4.79 Å². The number of thiocarbonyl (C=S) groups is 1. The Hall–Kier alpha value is -2.15. The summed E-state index contributed by atoms with van der Waals surface area (Å²) in [5, 5.41) is 23.7. The SMILES string of the molecule is CCC(=O)NC(=S)Nc1cc(C)c(O)c(C(=O)O)c1. The molecule has 0 aliphatic rings. The summed E-state index contributed by atoms with van der Waals surface area (Å²) < 4.78 is 0. The molecular formula is C12H14N2O4S. The monoisotopic (exact) mass is 282 g/mol. The van der Waals surface area contributed by atoms with E-state index in [0.29, 0.717) is 11.3 Å². The van der Waals surface area contributed by atoms with Crippen LogP contribution >= 0.6 is 12.2 Å². The third kappa shape index (κ3) is 3.92. The Morgan fingerprint density at radius 1 is 1.37 bits per heavy atom. The minimum absolute atomic E-state index is 0.0771. The van der Waals surface area contributed by atoms with Gasteiger partial charge in [0.2, 0.25) is 5.91 Å². The molecule has 7 heteroatoms. The molecule has 0 atom stereocenters. The average Bonchev–Trinajstić information content (AvgIpc) is 2.32. The Bertz CT molecular complexity index is 543. The highest BCUT2D eigenvalue weighted by Gasteiger charge is 2.14. The molecule has 0 spiro atoms. The van der Waals surface area contributed by atoms with Gasteiger partial charge >= 0.3 is 5.97 Å². The number of aromatic hydroxyl groups is 1. The van der Waals surface area contributed by atoms with Gasteiger partial charge in [0, 0.05) is 12.1 Å². The summed E-state index contributed by atoms with van der Waals surface area (Å²) in [5.74, 6) is -1.78. The highest BCUT2D eigenvalue weighted by molar-refractivity contribution is 7.80. The molecule has 102 valence electrons. The van der Waals surface area contributed by atoms with Gasteiger partial charge in [-0.05, 0) is 36.8 Å². The van der Waals surface area contributed by atoms with E-state index in [1.165, 1.54) is 12.1 Å². The number of hydrogen-bond acceptors (Lipinski definition) is 4. The molecule has 0 saturated carbocycles. The number of carbonyl (C=O) groups is 2. The second kappa shape index (κ2) is 6.14. The second-order valence-corrected chi connectivity index (χ2v) is 4.26.